The lowest BCUT2D eigenvalue weighted by Gasteiger charge is -2.02. The molecule has 0 saturated heterocycles. The van der Waals surface area contributed by atoms with Crippen molar-refractivity contribution in [1.82, 2.24) is 9.78 Å². The topological polar surface area (TPSA) is 117 Å². The minimum atomic E-state index is -4.30. The van der Waals surface area contributed by atoms with E-state index in [0.717, 1.165) is 0 Å². The number of benzene rings is 2. The summed E-state index contributed by atoms with van der Waals surface area (Å²) in [6, 6.07) is 11.8. The van der Waals surface area contributed by atoms with Crippen LogP contribution >= 0.6 is 11.6 Å². The number of halogens is 1. The zero-order chi connectivity index (χ0) is 18.9. The zero-order valence-corrected chi connectivity index (χ0v) is 15.0. The molecule has 1 heterocycles. The number of aromatic amines is 1. The third-order valence-electron chi connectivity index (χ3n) is 3.53. The van der Waals surface area contributed by atoms with Gasteiger partial charge in [0.05, 0.1) is 22.0 Å². The summed E-state index contributed by atoms with van der Waals surface area (Å²) >= 11 is 5.81. The Labute approximate surface area is 153 Å². The van der Waals surface area contributed by atoms with E-state index in [1.165, 1.54) is 28.9 Å². The van der Waals surface area contributed by atoms with E-state index >= 15 is 0 Å². The van der Waals surface area contributed by atoms with Gasteiger partial charge in [0.25, 0.3) is 15.7 Å². The molecule has 0 spiro atoms. The Kier molecular flexibility index (Phi) is 4.77. The van der Waals surface area contributed by atoms with E-state index in [1.54, 1.807) is 31.2 Å². The van der Waals surface area contributed by atoms with Gasteiger partial charge in [-0.2, -0.15) is 13.5 Å². The lowest BCUT2D eigenvalue weighted by molar-refractivity contribution is 0.483. The summed E-state index contributed by atoms with van der Waals surface area (Å²) < 4.78 is 32.4. The molecule has 0 unspecified atom stereocenters. The smallest absolute Gasteiger partial charge is 0.293 e. The average Bonchev–Trinajstić information content (AvgIpc) is 2.88. The van der Waals surface area contributed by atoms with Crippen LogP contribution in [0.25, 0.3) is 5.69 Å². The molecule has 134 valence electrons. The van der Waals surface area contributed by atoms with E-state index in [-0.39, 0.29) is 10.6 Å². The normalized spacial score (nSPS) is 12.0. The summed E-state index contributed by atoms with van der Waals surface area (Å²) in [6.07, 6.45) is 0. The van der Waals surface area contributed by atoms with Crippen LogP contribution in [0.1, 0.15) is 5.69 Å². The van der Waals surface area contributed by atoms with Crippen LogP contribution in [0.3, 0.4) is 0 Å². The first-order chi connectivity index (χ1) is 12.3. The highest BCUT2D eigenvalue weighted by molar-refractivity contribution is 7.85. The second-order valence-corrected chi connectivity index (χ2v) is 7.23. The van der Waals surface area contributed by atoms with Gasteiger partial charge in [-0.15, -0.1) is 5.11 Å². The van der Waals surface area contributed by atoms with Gasteiger partial charge in [0.15, 0.2) is 5.69 Å². The van der Waals surface area contributed by atoms with Crippen LogP contribution in [0.4, 0.5) is 11.4 Å². The first-order valence-corrected chi connectivity index (χ1v) is 9.14. The van der Waals surface area contributed by atoms with Crippen LogP contribution < -0.4 is 5.56 Å². The van der Waals surface area contributed by atoms with E-state index in [1.807, 2.05) is 0 Å². The zero-order valence-electron chi connectivity index (χ0n) is 13.4. The fourth-order valence-corrected chi connectivity index (χ4v) is 2.83. The van der Waals surface area contributed by atoms with E-state index in [2.05, 4.69) is 15.3 Å². The number of hydrogen-bond acceptors (Lipinski definition) is 5. The van der Waals surface area contributed by atoms with E-state index < -0.39 is 15.7 Å². The molecule has 0 atom stereocenters. The van der Waals surface area contributed by atoms with Crippen molar-refractivity contribution in [1.29, 1.82) is 0 Å². The number of nitrogens with one attached hydrogen (secondary N) is 1. The number of H-pyrrole nitrogens is 1. The minimum Gasteiger partial charge on any atom is -0.293 e. The predicted octanol–water partition coefficient (Wildman–Crippen LogP) is 3.79. The second kappa shape index (κ2) is 6.87. The molecule has 2 aromatic carbocycles. The quantitative estimate of drug-likeness (QED) is 0.518. The Morgan fingerprint density at radius 2 is 1.65 bits per heavy atom. The van der Waals surface area contributed by atoms with Gasteiger partial charge in [0, 0.05) is 5.02 Å². The maximum absolute atomic E-state index is 12.5. The highest BCUT2D eigenvalue weighted by Crippen LogP contribution is 2.21. The molecule has 0 radical (unpaired) electrons. The number of hydrogen-bond donors (Lipinski definition) is 2. The molecule has 0 aliphatic rings. The number of aryl methyl sites for hydroxylation is 1. The highest BCUT2D eigenvalue weighted by atomic mass is 35.5. The fraction of sp³-hybridized carbons (Fsp3) is 0.0625. The Hall–Kier alpha value is -2.75. The van der Waals surface area contributed by atoms with Crippen molar-refractivity contribution < 1.29 is 13.0 Å². The van der Waals surface area contributed by atoms with E-state index in [4.69, 9.17) is 16.2 Å². The molecule has 3 aromatic rings. The molecule has 3 rings (SSSR count). The van der Waals surface area contributed by atoms with Crippen molar-refractivity contribution in [2.24, 2.45) is 10.2 Å². The molecule has 0 aliphatic heterocycles. The largest absolute Gasteiger partial charge is 0.299 e. The van der Waals surface area contributed by atoms with Gasteiger partial charge in [-0.3, -0.25) is 14.4 Å². The van der Waals surface area contributed by atoms with E-state index in [9.17, 15) is 13.2 Å². The SMILES string of the molecule is Cc1[nH]n(-c2ccc(S(=O)(=O)O)cc2)c(=O)c1N=Nc1ccc(Cl)cc1. The molecule has 1 aromatic heterocycles. The first kappa shape index (κ1) is 18.1. The highest BCUT2D eigenvalue weighted by Gasteiger charge is 2.14. The molecular formula is C16H13ClN4O4S. The molecule has 0 bridgehead atoms. The van der Waals surface area contributed by atoms with Gasteiger partial charge in [-0.25, -0.2) is 4.68 Å². The molecule has 0 aliphatic carbocycles. The number of rotatable bonds is 4. The minimum absolute atomic E-state index is 0.124. The maximum Gasteiger partial charge on any atom is 0.299 e. The number of azo groups is 1. The maximum atomic E-state index is 12.5. The van der Waals surface area contributed by atoms with Crippen LogP contribution in [0, 0.1) is 6.92 Å². The molecule has 0 fully saturated rings. The summed E-state index contributed by atoms with van der Waals surface area (Å²) in [6.45, 7) is 1.67. The van der Waals surface area contributed by atoms with E-state index in [0.29, 0.717) is 22.1 Å². The van der Waals surface area contributed by atoms with Crippen molar-refractivity contribution >= 4 is 33.1 Å². The number of nitrogens with zero attached hydrogens (tertiary/aromatic N) is 3. The van der Waals surface area contributed by atoms with Crippen LogP contribution in [-0.4, -0.2) is 22.8 Å². The van der Waals surface area contributed by atoms with Gasteiger partial charge in [0.1, 0.15) is 0 Å². The summed E-state index contributed by atoms with van der Waals surface area (Å²) in [5, 5.41) is 11.4. The predicted molar refractivity (Wildman–Crippen MR) is 96.6 cm³/mol. The van der Waals surface area contributed by atoms with Crippen LogP contribution in [0.5, 0.6) is 0 Å². The lowest BCUT2D eigenvalue weighted by Crippen LogP contribution is -2.14. The number of aromatic nitrogens is 2. The van der Waals surface area contributed by atoms with Crippen molar-refractivity contribution in [3.63, 3.8) is 0 Å². The van der Waals surface area contributed by atoms with Crippen molar-refractivity contribution in [2.45, 2.75) is 11.8 Å². The third-order valence-corrected chi connectivity index (χ3v) is 4.65. The van der Waals surface area contributed by atoms with Crippen LogP contribution in [0.15, 0.2) is 68.4 Å². The van der Waals surface area contributed by atoms with Gasteiger partial charge in [-0.1, -0.05) is 11.6 Å². The summed E-state index contributed by atoms with van der Waals surface area (Å²) in [4.78, 5) is 12.3. The first-order valence-electron chi connectivity index (χ1n) is 7.32. The van der Waals surface area contributed by atoms with Crippen molar-refractivity contribution in [2.75, 3.05) is 0 Å². The van der Waals surface area contributed by atoms with Gasteiger partial charge >= 0.3 is 0 Å². The molecule has 26 heavy (non-hydrogen) atoms. The average molecular weight is 393 g/mol. The van der Waals surface area contributed by atoms with Gasteiger partial charge < -0.3 is 0 Å². The molecular weight excluding hydrogens is 380 g/mol. The van der Waals surface area contributed by atoms with Crippen molar-refractivity contribution in [3.05, 3.63) is 69.6 Å². The van der Waals surface area contributed by atoms with Crippen LogP contribution in [-0.2, 0) is 10.1 Å². The van der Waals surface area contributed by atoms with Gasteiger partial charge in [0.2, 0.25) is 0 Å². The third kappa shape index (κ3) is 3.74. The fourth-order valence-electron chi connectivity index (χ4n) is 2.22. The summed E-state index contributed by atoms with van der Waals surface area (Å²) in [5.41, 5.74) is 1.10. The standard InChI is InChI=1S/C16H13ClN4O4S/c1-10-15(19-18-12-4-2-11(17)3-5-12)16(22)21(20-10)13-6-8-14(9-7-13)26(23,24)25/h2-9,20H,1H3,(H,23,24,25). The Morgan fingerprint density at radius 1 is 1.04 bits per heavy atom. The molecule has 10 heteroatoms. The summed E-state index contributed by atoms with van der Waals surface area (Å²) in [5.74, 6) is 0. The Morgan fingerprint density at radius 3 is 2.23 bits per heavy atom. The van der Waals surface area contributed by atoms with Gasteiger partial charge in [-0.05, 0) is 55.5 Å². The monoisotopic (exact) mass is 392 g/mol. The molecule has 8 nitrogen and oxygen atoms in total. The summed E-state index contributed by atoms with van der Waals surface area (Å²) in [7, 11) is -4.30. The lowest BCUT2D eigenvalue weighted by atomic mass is 10.3. The molecule has 0 saturated carbocycles. The molecule has 2 N–H and O–H groups in total. The Bertz CT molecular complexity index is 1130. The molecule has 0 amide bonds. The van der Waals surface area contributed by atoms with Crippen molar-refractivity contribution in [3.8, 4) is 5.69 Å². The van der Waals surface area contributed by atoms with Crippen LogP contribution in [0.2, 0.25) is 5.02 Å². The Balaban J connectivity index is 1.95. The second-order valence-electron chi connectivity index (χ2n) is 5.37.